The maximum Gasteiger partial charge on any atom is 0.160 e. The van der Waals surface area contributed by atoms with Crippen LogP contribution >= 0.6 is 0 Å². The van der Waals surface area contributed by atoms with Crippen molar-refractivity contribution in [1.82, 2.24) is 0 Å². The van der Waals surface area contributed by atoms with Crippen LogP contribution in [-0.4, -0.2) is 0 Å². The lowest BCUT2D eigenvalue weighted by Gasteiger charge is -2.27. The van der Waals surface area contributed by atoms with Gasteiger partial charge in [0, 0.05) is 32.6 Å². The Hall–Kier alpha value is -5.80. The largest absolute Gasteiger partial charge is 0.456 e. The van der Waals surface area contributed by atoms with Crippen LogP contribution in [0.3, 0.4) is 0 Å². The molecule has 0 atom stereocenters. The first-order chi connectivity index (χ1) is 21.3. The summed E-state index contributed by atoms with van der Waals surface area (Å²) in [5, 5.41) is 6.75. The second kappa shape index (κ2) is 9.37. The Balaban J connectivity index is 1.39. The number of rotatable bonds is 4. The van der Waals surface area contributed by atoms with Crippen LogP contribution < -0.4 is 4.90 Å². The Morgan fingerprint density at radius 2 is 1.09 bits per heavy atom. The third kappa shape index (κ3) is 3.68. The highest BCUT2D eigenvalue weighted by atomic mass is 16.3. The van der Waals surface area contributed by atoms with E-state index >= 15 is 0 Å². The van der Waals surface area contributed by atoms with Crippen molar-refractivity contribution >= 4 is 71.7 Å². The molecule has 0 fully saturated rings. The van der Waals surface area contributed by atoms with Gasteiger partial charge in [-0.3, -0.25) is 0 Å². The molecule has 0 spiro atoms. The van der Waals surface area contributed by atoms with E-state index in [0.29, 0.717) is 0 Å². The quantitative estimate of drug-likeness (QED) is 0.218. The van der Waals surface area contributed by atoms with Gasteiger partial charge in [0.25, 0.3) is 0 Å². The van der Waals surface area contributed by atoms with Crippen LogP contribution in [0.1, 0.15) is 0 Å². The fourth-order valence-corrected chi connectivity index (χ4v) is 6.51. The summed E-state index contributed by atoms with van der Waals surface area (Å²) in [5.74, 6) is 0. The molecule has 0 unspecified atom stereocenters. The smallest absolute Gasteiger partial charge is 0.160 e. The number of benzene rings is 7. The molecule has 7 aromatic carbocycles. The Morgan fingerprint density at radius 3 is 1.95 bits per heavy atom. The van der Waals surface area contributed by atoms with Gasteiger partial charge >= 0.3 is 0 Å². The van der Waals surface area contributed by atoms with Crippen molar-refractivity contribution in [2.45, 2.75) is 0 Å². The van der Waals surface area contributed by atoms with Crippen LogP contribution in [0.4, 0.5) is 17.1 Å². The SMILES string of the molecule is c1ccc(-c2ccc(N(c3ccc4oc5ccccc5c4c3)c3cccc4ccccc34)c3oc4ccccc4c23)cc1. The first-order valence-electron chi connectivity index (χ1n) is 14.5. The van der Waals surface area contributed by atoms with Crippen molar-refractivity contribution in [2.75, 3.05) is 4.90 Å². The summed E-state index contributed by atoms with van der Waals surface area (Å²) in [6.07, 6.45) is 0. The zero-order chi connectivity index (χ0) is 28.3. The Morgan fingerprint density at radius 1 is 0.419 bits per heavy atom. The molecule has 3 nitrogen and oxygen atoms in total. The third-order valence-corrected chi connectivity index (χ3v) is 8.46. The first-order valence-corrected chi connectivity index (χ1v) is 14.5. The summed E-state index contributed by atoms with van der Waals surface area (Å²) in [4.78, 5) is 2.34. The van der Waals surface area contributed by atoms with E-state index in [1.807, 2.05) is 18.2 Å². The van der Waals surface area contributed by atoms with Crippen molar-refractivity contribution in [3.8, 4) is 11.1 Å². The number of nitrogens with zero attached hydrogens (tertiary/aromatic N) is 1. The molecule has 0 aliphatic carbocycles. The zero-order valence-electron chi connectivity index (χ0n) is 23.2. The van der Waals surface area contributed by atoms with E-state index in [1.54, 1.807) is 0 Å². The van der Waals surface area contributed by atoms with Gasteiger partial charge in [0.1, 0.15) is 16.7 Å². The molecule has 9 aromatic rings. The fraction of sp³-hybridized carbons (Fsp3) is 0. The van der Waals surface area contributed by atoms with E-state index in [-0.39, 0.29) is 0 Å². The summed E-state index contributed by atoms with van der Waals surface area (Å²) in [5.41, 5.74) is 8.89. The standard InChI is InChI=1S/C40H25NO2/c1-2-11-27(12-3-1)30-22-23-35(40-39(30)32-17-7-9-20-37(32)43-40)41(34-18-10-14-26-13-4-5-15-29(26)34)28-21-24-38-33(25-28)31-16-6-8-19-36(31)42-38/h1-25H. The van der Waals surface area contributed by atoms with E-state index < -0.39 is 0 Å². The van der Waals surface area contributed by atoms with Crippen LogP contribution in [0.15, 0.2) is 160 Å². The van der Waals surface area contributed by atoms with Crippen LogP contribution in [0.5, 0.6) is 0 Å². The number of furan rings is 2. The van der Waals surface area contributed by atoms with E-state index in [4.69, 9.17) is 8.83 Å². The monoisotopic (exact) mass is 551 g/mol. The highest BCUT2D eigenvalue weighted by molar-refractivity contribution is 6.18. The van der Waals surface area contributed by atoms with E-state index in [0.717, 1.165) is 72.1 Å². The fourth-order valence-electron chi connectivity index (χ4n) is 6.51. The molecule has 2 aromatic heterocycles. The number of hydrogen-bond acceptors (Lipinski definition) is 3. The van der Waals surface area contributed by atoms with Gasteiger partial charge in [0.2, 0.25) is 0 Å². The van der Waals surface area contributed by atoms with E-state index in [1.165, 1.54) is 10.8 Å². The van der Waals surface area contributed by atoms with Gasteiger partial charge in [0.05, 0.1) is 11.4 Å². The lowest BCUT2D eigenvalue weighted by molar-refractivity contribution is 0.669. The van der Waals surface area contributed by atoms with Crippen molar-refractivity contribution in [2.24, 2.45) is 0 Å². The average molecular weight is 552 g/mol. The number of fused-ring (bicyclic) bond motifs is 7. The Kier molecular flexibility index (Phi) is 5.20. The third-order valence-electron chi connectivity index (χ3n) is 8.46. The van der Waals surface area contributed by atoms with Crippen LogP contribution in [-0.2, 0) is 0 Å². The van der Waals surface area contributed by atoms with E-state index in [9.17, 15) is 0 Å². The number of anilines is 3. The molecule has 9 rings (SSSR count). The van der Waals surface area contributed by atoms with Crippen molar-refractivity contribution in [1.29, 1.82) is 0 Å². The molecule has 0 aliphatic rings. The predicted octanol–water partition coefficient (Wildman–Crippen LogP) is 11.8. The molecule has 43 heavy (non-hydrogen) atoms. The Labute approximate surface area is 247 Å². The second-order valence-electron chi connectivity index (χ2n) is 10.9. The summed E-state index contributed by atoms with van der Waals surface area (Å²) in [6.45, 7) is 0. The summed E-state index contributed by atoms with van der Waals surface area (Å²) < 4.78 is 13.0. The minimum absolute atomic E-state index is 0.854. The highest BCUT2D eigenvalue weighted by Crippen LogP contribution is 2.47. The molecule has 0 radical (unpaired) electrons. The Bertz CT molecular complexity index is 2460. The molecule has 2 heterocycles. The van der Waals surface area contributed by atoms with Gasteiger partial charge in [0.15, 0.2) is 5.58 Å². The zero-order valence-corrected chi connectivity index (χ0v) is 23.2. The summed E-state index contributed by atoms with van der Waals surface area (Å²) in [6, 6.07) is 53.1. The minimum atomic E-state index is 0.854. The molecule has 0 aliphatic heterocycles. The van der Waals surface area contributed by atoms with Crippen LogP contribution in [0.25, 0.3) is 65.8 Å². The lowest BCUT2D eigenvalue weighted by Crippen LogP contribution is -2.11. The summed E-state index contributed by atoms with van der Waals surface area (Å²) in [7, 11) is 0. The topological polar surface area (TPSA) is 29.5 Å². The normalized spacial score (nSPS) is 11.7. The molecule has 0 saturated carbocycles. The highest BCUT2D eigenvalue weighted by Gasteiger charge is 2.24. The lowest BCUT2D eigenvalue weighted by atomic mass is 9.98. The van der Waals surface area contributed by atoms with Gasteiger partial charge in [-0.1, -0.05) is 109 Å². The van der Waals surface area contributed by atoms with E-state index in [2.05, 4.69) is 138 Å². The van der Waals surface area contributed by atoms with Crippen molar-refractivity contribution in [3.05, 3.63) is 152 Å². The molecule has 3 heteroatoms. The van der Waals surface area contributed by atoms with Crippen molar-refractivity contribution < 1.29 is 8.83 Å². The minimum Gasteiger partial charge on any atom is -0.456 e. The van der Waals surface area contributed by atoms with Gasteiger partial charge < -0.3 is 13.7 Å². The second-order valence-corrected chi connectivity index (χ2v) is 10.9. The number of para-hydroxylation sites is 2. The molecule has 0 N–H and O–H groups in total. The molecule has 0 bridgehead atoms. The molecule has 0 amide bonds. The molecule has 0 saturated heterocycles. The maximum absolute atomic E-state index is 6.76. The van der Waals surface area contributed by atoms with Gasteiger partial charge in [-0.05, 0) is 59.0 Å². The van der Waals surface area contributed by atoms with Gasteiger partial charge in [-0.15, -0.1) is 0 Å². The predicted molar refractivity (Wildman–Crippen MR) is 179 cm³/mol. The molecular weight excluding hydrogens is 526 g/mol. The van der Waals surface area contributed by atoms with Gasteiger partial charge in [-0.2, -0.15) is 0 Å². The number of hydrogen-bond donors (Lipinski definition) is 0. The average Bonchev–Trinajstić information content (AvgIpc) is 3.64. The molecule has 202 valence electrons. The van der Waals surface area contributed by atoms with Crippen LogP contribution in [0, 0.1) is 0 Å². The summed E-state index contributed by atoms with van der Waals surface area (Å²) >= 11 is 0. The maximum atomic E-state index is 6.76. The molecular formula is C40H25NO2. The van der Waals surface area contributed by atoms with Gasteiger partial charge in [-0.25, -0.2) is 0 Å². The first kappa shape index (κ1) is 23.9. The van der Waals surface area contributed by atoms with Crippen molar-refractivity contribution in [3.63, 3.8) is 0 Å². The van der Waals surface area contributed by atoms with Crippen LogP contribution in [0.2, 0.25) is 0 Å².